The van der Waals surface area contributed by atoms with Crippen molar-refractivity contribution in [1.29, 1.82) is 0 Å². The summed E-state index contributed by atoms with van der Waals surface area (Å²) in [4.78, 5) is 0. The standard InChI is InChI=1S/C13H18BrFO4/c1-16-13(17-2)10-3-4-12(11(15)9-10)19-8-7-18-6-5-14/h3-4,9,13H,5-8H2,1-2H3. The number of hydrogen-bond acceptors (Lipinski definition) is 4. The van der Waals surface area contributed by atoms with Crippen molar-refractivity contribution in [2.45, 2.75) is 6.29 Å². The van der Waals surface area contributed by atoms with E-state index in [4.69, 9.17) is 18.9 Å². The zero-order valence-corrected chi connectivity index (χ0v) is 12.6. The van der Waals surface area contributed by atoms with Gasteiger partial charge in [0.1, 0.15) is 6.61 Å². The van der Waals surface area contributed by atoms with Crippen LogP contribution in [0, 0.1) is 5.82 Å². The molecule has 1 rings (SSSR count). The molecule has 0 aromatic heterocycles. The summed E-state index contributed by atoms with van der Waals surface area (Å²) < 4.78 is 34.4. The molecule has 0 atom stereocenters. The van der Waals surface area contributed by atoms with Crippen LogP contribution in [0.25, 0.3) is 0 Å². The molecule has 0 saturated carbocycles. The van der Waals surface area contributed by atoms with E-state index in [0.29, 0.717) is 25.4 Å². The minimum absolute atomic E-state index is 0.192. The molecule has 0 amide bonds. The fraction of sp³-hybridized carbons (Fsp3) is 0.538. The van der Waals surface area contributed by atoms with E-state index in [1.807, 2.05) is 0 Å². The van der Waals surface area contributed by atoms with Gasteiger partial charge in [-0.2, -0.15) is 0 Å². The Balaban J connectivity index is 2.52. The van der Waals surface area contributed by atoms with E-state index in [1.165, 1.54) is 20.3 Å². The lowest BCUT2D eigenvalue weighted by molar-refractivity contribution is -0.106. The Bertz CT molecular complexity index is 372. The maximum atomic E-state index is 13.8. The molecule has 0 bridgehead atoms. The van der Waals surface area contributed by atoms with Crippen LogP contribution in [0.3, 0.4) is 0 Å². The first-order valence-electron chi connectivity index (χ1n) is 5.84. The van der Waals surface area contributed by atoms with Gasteiger partial charge in [-0.1, -0.05) is 22.0 Å². The number of methoxy groups -OCH3 is 2. The Morgan fingerprint density at radius 1 is 1.16 bits per heavy atom. The highest BCUT2D eigenvalue weighted by Gasteiger charge is 2.12. The van der Waals surface area contributed by atoms with Gasteiger partial charge in [0.2, 0.25) is 0 Å². The molecule has 4 nitrogen and oxygen atoms in total. The normalized spacial score (nSPS) is 11.0. The number of halogens is 2. The van der Waals surface area contributed by atoms with Gasteiger partial charge in [-0.15, -0.1) is 0 Å². The summed E-state index contributed by atoms with van der Waals surface area (Å²) in [5, 5.41) is 0.769. The first-order chi connectivity index (χ1) is 9.22. The molecular formula is C13H18BrFO4. The first-order valence-corrected chi connectivity index (χ1v) is 6.96. The molecule has 0 aliphatic heterocycles. The van der Waals surface area contributed by atoms with Crippen LogP contribution < -0.4 is 4.74 Å². The smallest absolute Gasteiger partial charge is 0.183 e. The minimum Gasteiger partial charge on any atom is -0.488 e. The van der Waals surface area contributed by atoms with Crippen LogP contribution in [-0.4, -0.2) is 39.4 Å². The fourth-order valence-electron chi connectivity index (χ4n) is 1.52. The number of rotatable bonds is 9. The molecule has 0 heterocycles. The molecule has 1 aromatic carbocycles. The molecule has 0 unspecified atom stereocenters. The molecule has 19 heavy (non-hydrogen) atoms. The molecule has 0 saturated heterocycles. The minimum atomic E-state index is -0.578. The van der Waals surface area contributed by atoms with Crippen LogP contribution in [0.4, 0.5) is 4.39 Å². The van der Waals surface area contributed by atoms with E-state index in [9.17, 15) is 4.39 Å². The van der Waals surface area contributed by atoms with Crippen molar-refractivity contribution in [2.24, 2.45) is 0 Å². The molecule has 1 aromatic rings. The number of benzene rings is 1. The molecule has 0 aliphatic rings. The summed E-state index contributed by atoms with van der Waals surface area (Å²) >= 11 is 3.24. The lowest BCUT2D eigenvalue weighted by Crippen LogP contribution is -2.09. The van der Waals surface area contributed by atoms with Crippen molar-refractivity contribution in [3.05, 3.63) is 29.6 Å². The highest BCUT2D eigenvalue weighted by molar-refractivity contribution is 9.09. The SMILES string of the molecule is COC(OC)c1ccc(OCCOCCBr)c(F)c1. The van der Waals surface area contributed by atoms with Crippen molar-refractivity contribution in [2.75, 3.05) is 39.4 Å². The quantitative estimate of drug-likeness (QED) is 0.394. The Kier molecular flexibility index (Phi) is 7.97. The number of hydrogen-bond donors (Lipinski definition) is 0. The van der Waals surface area contributed by atoms with Crippen molar-refractivity contribution < 1.29 is 23.3 Å². The maximum absolute atomic E-state index is 13.8. The molecule has 0 N–H and O–H groups in total. The van der Waals surface area contributed by atoms with Crippen LogP contribution in [-0.2, 0) is 14.2 Å². The second-order valence-corrected chi connectivity index (χ2v) is 4.44. The molecule has 0 spiro atoms. The van der Waals surface area contributed by atoms with E-state index in [-0.39, 0.29) is 5.75 Å². The summed E-state index contributed by atoms with van der Waals surface area (Å²) in [5.41, 5.74) is 0.602. The van der Waals surface area contributed by atoms with Gasteiger partial charge in [0.25, 0.3) is 0 Å². The number of ether oxygens (including phenoxy) is 4. The average molecular weight is 337 g/mol. The van der Waals surface area contributed by atoms with Crippen molar-refractivity contribution in [3.8, 4) is 5.75 Å². The summed E-state index contributed by atoms with van der Waals surface area (Å²) in [6.45, 7) is 1.33. The third-order valence-electron chi connectivity index (χ3n) is 2.36. The zero-order valence-electron chi connectivity index (χ0n) is 11.0. The molecule has 0 radical (unpaired) electrons. The van der Waals surface area contributed by atoms with Gasteiger partial charge in [-0.05, 0) is 12.1 Å². The van der Waals surface area contributed by atoms with E-state index in [1.54, 1.807) is 12.1 Å². The number of alkyl halides is 1. The Morgan fingerprint density at radius 2 is 1.89 bits per heavy atom. The molecule has 108 valence electrons. The maximum Gasteiger partial charge on any atom is 0.183 e. The molecule has 0 aliphatic carbocycles. The van der Waals surface area contributed by atoms with Crippen molar-refractivity contribution >= 4 is 15.9 Å². The van der Waals surface area contributed by atoms with Gasteiger partial charge < -0.3 is 18.9 Å². The molecule has 0 fully saturated rings. The largest absolute Gasteiger partial charge is 0.488 e. The van der Waals surface area contributed by atoms with Gasteiger partial charge in [0.05, 0.1) is 13.2 Å². The Hall–Kier alpha value is -0.690. The monoisotopic (exact) mass is 336 g/mol. The first kappa shape index (κ1) is 16.4. The van der Waals surface area contributed by atoms with Crippen molar-refractivity contribution in [1.82, 2.24) is 0 Å². The zero-order chi connectivity index (χ0) is 14.1. The van der Waals surface area contributed by atoms with Gasteiger partial charge in [-0.25, -0.2) is 4.39 Å². The van der Waals surface area contributed by atoms with Gasteiger partial charge in [0.15, 0.2) is 17.9 Å². The summed E-state index contributed by atoms with van der Waals surface area (Å²) in [5.74, 6) is -0.255. The third kappa shape index (κ3) is 5.44. The Labute approximate surface area is 120 Å². The highest BCUT2D eigenvalue weighted by atomic mass is 79.9. The van der Waals surface area contributed by atoms with Crippen LogP contribution in [0.2, 0.25) is 0 Å². The lowest BCUT2D eigenvalue weighted by Gasteiger charge is -2.15. The fourth-order valence-corrected chi connectivity index (χ4v) is 1.75. The molecule has 6 heteroatoms. The van der Waals surface area contributed by atoms with Crippen LogP contribution in [0.1, 0.15) is 11.9 Å². The van der Waals surface area contributed by atoms with E-state index < -0.39 is 12.1 Å². The Morgan fingerprint density at radius 3 is 2.47 bits per heavy atom. The average Bonchev–Trinajstić information content (AvgIpc) is 2.42. The predicted octanol–water partition coefficient (Wildman–Crippen LogP) is 2.91. The third-order valence-corrected chi connectivity index (χ3v) is 2.69. The van der Waals surface area contributed by atoms with Crippen molar-refractivity contribution in [3.63, 3.8) is 0 Å². The van der Waals surface area contributed by atoms with E-state index in [2.05, 4.69) is 15.9 Å². The summed E-state index contributed by atoms with van der Waals surface area (Å²) in [6, 6.07) is 4.60. The summed E-state index contributed by atoms with van der Waals surface area (Å²) in [7, 11) is 3.00. The molecular weight excluding hydrogens is 319 g/mol. The van der Waals surface area contributed by atoms with Gasteiger partial charge >= 0.3 is 0 Å². The van der Waals surface area contributed by atoms with E-state index >= 15 is 0 Å². The summed E-state index contributed by atoms with van der Waals surface area (Å²) in [6.07, 6.45) is -0.578. The van der Waals surface area contributed by atoms with E-state index in [0.717, 1.165) is 5.33 Å². The van der Waals surface area contributed by atoms with Crippen LogP contribution in [0.5, 0.6) is 5.75 Å². The predicted molar refractivity (Wildman–Crippen MR) is 73.3 cm³/mol. The van der Waals surface area contributed by atoms with Gasteiger partial charge in [0, 0.05) is 25.1 Å². The lowest BCUT2D eigenvalue weighted by atomic mass is 10.2. The second-order valence-electron chi connectivity index (χ2n) is 3.64. The van der Waals surface area contributed by atoms with Crippen LogP contribution in [0.15, 0.2) is 18.2 Å². The van der Waals surface area contributed by atoms with Gasteiger partial charge in [-0.3, -0.25) is 0 Å². The highest BCUT2D eigenvalue weighted by Crippen LogP contribution is 2.24. The van der Waals surface area contributed by atoms with Crippen LogP contribution >= 0.6 is 15.9 Å². The second kappa shape index (κ2) is 9.25. The topological polar surface area (TPSA) is 36.9 Å².